The number of piperidine rings is 2. The normalized spacial score (nSPS) is 21.6. The first-order valence-corrected chi connectivity index (χ1v) is 10.9. The molecule has 2 fully saturated rings. The molecule has 0 aromatic heterocycles. The van der Waals surface area contributed by atoms with Gasteiger partial charge in [-0.2, -0.15) is 4.31 Å². The van der Waals surface area contributed by atoms with Crippen molar-refractivity contribution in [2.24, 2.45) is 5.73 Å². The molecule has 3 rings (SSSR count). The summed E-state index contributed by atoms with van der Waals surface area (Å²) in [5, 5.41) is 0. The molecule has 1 aromatic carbocycles. The van der Waals surface area contributed by atoms with Crippen LogP contribution in [-0.4, -0.2) is 61.6 Å². The standard InChI is InChI=1S/C18H24F3N3O4S/c19-18(20,21)28-14-4-6-15(7-5-14)29(26,27)24-12-8-17(9-13-24,16(22)25)23-10-2-1-3-11-23/h4-7H,1-3,8-13H2,(H2,22,25). The van der Waals surface area contributed by atoms with Crippen molar-refractivity contribution in [1.82, 2.24) is 9.21 Å². The lowest BCUT2D eigenvalue weighted by molar-refractivity contribution is -0.274. The van der Waals surface area contributed by atoms with E-state index in [1.807, 2.05) is 0 Å². The van der Waals surface area contributed by atoms with E-state index in [1.54, 1.807) is 0 Å². The van der Waals surface area contributed by atoms with Gasteiger partial charge in [-0.25, -0.2) is 8.42 Å². The molecule has 1 amide bonds. The van der Waals surface area contributed by atoms with Crippen molar-refractivity contribution in [2.45, 2.75) is 48.9 Å². The molecule has 0 saturated carbocycles. The Bertz CT molecular complexity index is 829. The van der Waals surface area contributed by atoms with E-state index in [2.05, 4.69) is 9.64 Å². The molecule has 0 atom stereocenters. The molecule has 162 valence electrons. The Balaban J connectivity index is 1.72. The molecule has 2 aliphatic rings. The van der Waals surface area contributed by atoms with Gasteiger partial charge in [-0.15, -0.1) is 13.2 Å². The second-order valence-electron chi connectivity index (χ2n) is 7.37. The SMILES string of the molecule is NC(=O)C1(N2CCCCC2)CCN(S(=O)(=O)c2ccc(OC(F)(F)F)cc2)CC1. The highest BCUT2D eigenvalue weighted by Crippen LogP contribution is 2.34. The Kier molecular flexibility index (Phi) is 6.11. The highest BCUT2D eigenvalue weighted by molar-refractivity contribution is 7.89. The van der Waals surface area contributed by atoms with Crippen LogP contribution in [0.4, 0.5) is 13.2 Å². The predicted octanol–water partition coefficient (Wildman–Crippen LogP) is 2.08. The van der Waals surface area contributed by atoms with Crippen LogP contribution in [0.2, 0.25) is 0 Å². The summed E-state index contributed by atoms with van der Waals surface area (Å²) in [5.74, 6) is -0.932. The third kappa shape index (κ3) is 4.67. The highest BCUT2D eigenvalue weighted by atomic mass is 32.2. The summed E-state index contributed by atoms with van der Waals surface area (Å²) in [6.45, 7) is 1.75. The second kappa shape index (κ2) is 8.11. The van der Waals surface area contributed by atoms with E-state index < -0.39 is 33.6 Å². The lowest BCUT2D eigenvalue weighted by Crippen LogP contribution is -2.63. The monoisotopic (exact) mass is 435 g/mol. The van der Waals surface area contributed by atoms with Crippen LogP contribution in [-0.2, 0) is 14.8 Å². The number of hydrogen-bond acceptors (Lipinski definition) is 5. The van der Waals surface area contributed by atoms with Crippen molar-refractivity contribution in [3.63, 3.8) is 0 Å². The lowest BCUT2D eigenvalue weighted by Gasteiger charge is -2.47. The van der Waals surface area contributed by atoms with Crippen LogP contribution in [0.25, 0.3) is 0 Å². The van der Waals surface area contributed by atoms with E-state index in [4.69, 9.17) is 5.73 Å². The van der Waals surface area contributed by atoms with E-state index in [9.17, 15) is 26.4 Å². The summed E-state index contributed by atoms with van der Waals surface area (Å²) < 4.78 is 67.6. The first-order chi connectivity index (χ1) is 13.5. The number of carbonyl (C=O) groups is 1. The van der Waals surface area contributed by atoms with E-state index in [1.165, 1.54) is 4.31 Å². The summed E-state index contributed by atoms with van der Waals surface area (Å²) >= 11 is 0. The Morgan fingerprint density at radius 1 is 1.00 bits per heavy atom. The van der Waals surface area contributed by atoms with Crippen LogP contribution in [0.3, 0.4) is 0 Å². The van der Waals surface area contributed by atoms with Crippen LogP contribution in [0, 0.1) is 0 Å². The van der Waals surface area contributed by atoms with Gasteiger partial charge in [0.05, 0.1) is 4.90 Å². The zero-order valence-corrected chi connectivity index (χ0v) is 16.6. The fraction of sp³-hybridized carbons (Fsp3) is 0.611. The number of alkyl halides is 3. The molecule has 0 unspecified atom stereocenters. The average Bonchev–Trinajstić information content (AvgIpc) is 2.67. The minimum atomic E-state index is -4.85. The zero-order valence-electron chi connectivity index (χ0n) is 15.8. The fourth-order valence-corrected chi connectivity index (χ4v) is 5.54. The highest BCUT2D eigenvalue weighted by Gasteiger charge is 2.47. The Morgan fingerprint density at radius 2 is 1.55 bits per heavy atom. The number of nitrogens with two attached hydrogens (primary N) is 1. The number of sulfonamides is 1. The van der Waals surface area contributed by atoms with Gasteiger partial charge in [-0.05, 0) is 63.0 Å². The fourth-order valence-electron chi connectivity index (χ4n) is 4.10. The average molecular weight is 435 g/mol. The smallest absolute Gasteiger partial charge is 0.406 e. The molecule has 0 bridgehead atoms. The molecule has 0 spiro atoms. The molecular weight excluding hydrogens is 411 g/mol. The van der Waals surface area contributed by atoms with E-state index >= 15 is 0 Å². The predicted molar refractivity (Wildman–Crippen MR) is 98.5 cm³/mol. The van der Waals surface area contributed by atoms with Gasteiger partial charge in [-0.3, -0.25) is 9.69 Å². The number of halogens is 3. The van der Waals surface area contributed by atoms with Gasteiger partial charge in [0.25, 0.3) is 0 Å². The Hall–Kier alpha value is -1.85. The summed E-state index contributed by atoms with van der Waals surface area (Å²) in [6, 6.07) is 4.09. The number of carbonyl (C=O) groups excluding carboxylic acids is 1. The van der Waals surface area contributed by atoms with Crippen molar-refractivity contribution in [2.75, 3.05) is 26.2 Å². The first kappa shape index (κ1) is 21.8. The summed E-state index contributed by atoms with van der Waals surface area (Å²) in [4.78, 5) is 14.2. The molecule has 2 heterocycles. The maximum Gasteiger partial charge on any atom is 0.573 e. The zero-order chi connectivity index (χ0) is 21.3. The lowest BCUT2D eigenvalue weighted by atomic mass is 9.84. The van der Waals surface area contributed by atoms with E-state index in [-0.39, 0.29) is 30.8 Å². The Morgan fingerprint density at radius 3 is 2.03 bits per heavy atom. The van der Waals surface area contributed by atoms with Crippen LogP contribution < -0.4 is 10.5 Å². The number of nitrogens with zero attached hydrogens (tertiary/aromatic N) is 2. The van der Waals surface area contributed by atoms with Crippen molar-refractivity contribution in [3.8, 4) is 5.75 Å². The molecule has 1 aromatic rings. The number of amides is 1. The molecule has 2 N–H and O–H groups in total. The number of benzene rings is 1. The van der Waals surface area contributed by atoms with E-state index in [0.717, 1.165) is 56.6 Å². The molecule has 0 radical (unpaired) electrons. The van der Waals surface area contributed by atoms with Crippen molar-refractivity contribution >= 4 is 15.9 Å². The van der Waals surface area contributed by atoms with Crippen LogP contribution in [0.5, 0.6) is 5.75 Å². The summed E-state index contributed by atoms with van der Waals surface area (Å²) in [5.41, 5.74) is 4.86. The summed E-state index contributed by atoms with van der Waals surface area (Å²) in [6.07, 6.45) is -1.22. The first-order valence-electron chi connectivity index (χ1n) is 9.46. The van der Waals surface area contributed by atoms with Gasteiger partial charge in [0.2, 0.25) is 15.9 Å². The largest absolute Gasteiger partial charge is 0.573 e. The van der Waals surface area contributed by atoms with Crippen molar-refractivity contribution < 1.29 is 31.1 Å². The Labute approximate surface area is 167 Å². The molecule has 7 nitrogen and oxygen atoms in total. The van der Waals surface area contributed by atoms with Crippen LogP contribution >= 0.6 is 0 Å². The number of likely N-dealkylation sites (tertiary alicyclic amines) is 1. The molecule has 0 aliphatic carbocycles. The number of ether oxygens (including phenoxy) is 1. The van der Waals surface area contributed by atoms with Crippen molar-refractivity contribution in [1.29, 1.82) is 0 Å². The molecule has 29 heavy (non-hydrogen) atoms. The maximum absolute atomic E-state index is 12.9. The number of hydrogen-bond donors (Lipinski definition) is 1. The van der Waals surface area contributed by atoms with Gasteiger partial charge in [0.15, 0.2) is 0 Å². The molecule has 2 saturated heterocycles. The quantitative estimate of drug-likeness (QED) is 0.765. The van der Waals surface area contributed by atoms with Crippen molar-refractivity contribution in [3.05, 3.63) is 24.3 Å². The van der Waals surface area contributed by atoms with Gasteiger partial charge in [-0.1, -0.05) is 6.42 Å². The minimum absolute atomic E-state index is 0.114. The molecule has 11 heteroatoms. The molecular formula is C18H24F3N3O4S. The summed E-state index contributed by atoms with van der Waals surface area (Å²) in [7, 11) is -3.90. The maximum atomic E-state index is 12.9. The minimum Gasteiger partial charge on any atom is -0.406 e. The molecule has 2 aliphatic heterocycles. The van der Waals surface area contributed by atoms with Gasteiger partial charge < -0.3 is 10.5 Å². The topological polar surface area (TPSA) is 92.9 Å². The van der Waals surface area contributed by atoms with E-state index in [0.29, 0.717) is 0 Å². The van der Waals surface area contributed by atoms with Gasteiger partial charge in [0, 0.05) is 13.1 Å². The second-order valence-corrected chi connectivity index (χ2v) is 9.30. The number of primary amides is 1. The van der Waals surface area contributed by atoms with Crippen LogP contribution in [0.15, 0.2) is 29.2 Å². The van der Waals surface area contributed by atoms with Gasteiger partial charge >= 0.3 is 6.36 Å². The third-order valence-electron chi connectivity index (χ3n) is 5.66. The van der Waals surface area contributed by atoms with Gasteiger partial charge in [0.1, 0.15) is 11.3 Å². The third-order valence-corrected chi connectivity index (χ3v) is 7.58. The number of rotatable bonds is 5. The van der Waals surface area contributed by atoms with Crippen LogP contribution in [0.1, 0.15) is 32.1 Å².